The van der Waals surface area contributed by atoms with Gasteiger partial charge in [-0.25, -0.2) is 4.79 Å². The Balaban J connectivity index is 4.14. The van der Waals surface area contributed by atoms with E-state index in [1.165, 1.54) is 19.1 Å². The summed E-state index contributed by atoms with van der Waals surface area (Å²) in [5, 5.41) is 10.8. The number of nitrogens with two attached hydrogens (primary N) is 1. The normalized spacial score (nSPS) is 12.8. The molecular weight excluding hydrogens is 160 g/mol. The van der Waals surface area contributed by atoms with Crippen molar-refractivity contribution in [2.24, 2.45) is 5.73 Å². The third-order valence-corrected chi connectivity index (χ3v) is 1.09. The van der Waals surface area contributed by atoms with E-state index >= 15 is 0 Å². The number of amides is 1. The summed E-state index contributed by atoms with van der Waals surface area (Å²) in [6, 6.07) is -0.981. The SMILES string of the molecule is CC(=O)NC(C=CCN)C(=O)O. The second-order valence-electron chi connectivity index (χ2n) is 2.18. The minimum atomic E-state index is -1.10. The third-order valence-electron chi connectivity index (χ3n) is 1.09. The molecule has 5 nitrogen and oxygen atoms in total. The van der Waals surface area contributed by atoms with Gasteiger partial charge in [0.05, 0.1) is 0 Å². The Morgan fingerprint density at radius 1 is 1.67 bits per heavy atom. The average molecular weight is 172 g/mol. The molecule has 0 bridgehead atoms. The molecule has 0 aliphatic carbocycles. The van der Waals surface area contributed by atoms with Gasteiger partial charge in [0.25, 0.3) is 0 Å². The van der Waals surface area contributed by atoms with E-state index in [0.717, 1.165) is 0 Å². The minimum Gasteiger partial charge on any atom is -0.479 e. The van der Waals surface area contributed by atoms with Gasteiger partial charge in [0.2, 0.25) is 5.91 Å². The van der Waals surface area contributed by atoms with Crippen molar-refractivity contribution in [1.82, 2.24) is 5.32 Å². The molecule has 5 heteroatoms. The van der Waals surface area contributed by atoms with Crippen molar-refractivity contribution < 1.29 is 14.7 Å². The lowest BCUT2D eigenvalue weighted by Gasteiger charge is -2.07. The summed E-state index contributed by atoms with van der Waals surface area (Å²) in [6.07, 6.45) is 2.82. The summed E-state index contributed by atoms with van der Waals surface area (Å²) in [5.41, 5.74) is 5.12. The standard InChI is InChI=1S/C7H12N2O3/c1-5(10)9-6(7(11)12)3-2-4-8/h2-3,6H,4,8H2,1H3,(H,9,10)(H,11,12). The fourth-order valence-electron chi connectivity index (χ4n) is 0.626. The highest BCUT2D eigenvalue weighted by molar-refractivity contribution is 5.83. The maximum absolute atomic E-state index is 10.5. The Labute approximate surface area is 70.2 Å². The molecule has 68 valence electrons. The number of carbonyl (C=O) groups excluding carboxylic acids is 1. The van der Waals surface area contributed by atoms with Crippen LogP contribution in [-0.4, -0.2) is 29.6 Å². The maximum atomic E-state index is 10.5. The summed E-state index contributed by atoms with van der Waals surface area (Å²) in [5.74, 6) is -1.49. The van der Waals surface area contributed by atoms with Crippen LogP contribution >= 0.6 is 0 Å². The van der Waals surface area contributed by atoms with Gasteiger partial charge in [-0.2, -0.15) is 0 Å². The molecule has 0 fully saturated rings. The molecule has 1 atom stereocenters. The zero-order valence-corrected chi connectivity index (χ0v) is 6.78. The number of nitrogens with one attached hydrogen (secondary N) is 1. The second-order valence-corrected chi connectivity index (χ2v) is 2.18. The van der Waals surface area contributed by atoms with Crippen LogP contribution in [0.4, 0.5) is 0 Å². The van der Waals surface area contributed by atoms with Crippen molar-refractivity contribution in [3.8, 4) is 0 Å². The van der Waals surface area contributed by atoms with Crippen molar-refractivity contribution in [3.05, 3.63) is 12.2 Å². The number of hydrogen-bond acceptors (Lipinski definition) is 3. The van der Waals surface area contributed by atoms with Crippen LogP contribution in [0.3, 0.4) is 0 Å². The van der Waals surface area contributed by atoms with Gasteiger partial charge in [0.15, 0.2) is 0 Å². The molecule has 0 aromatic carbocycles. The van der Waals surface area contributed by atoms with Crippen molar-refractivity contribution in [3.63, 3.8) is 0 Å². The predicted octanol–water partition coefficient (Wildman–Crippen LogP) is -0.909. The first-order valence-electron chi connectivity index (χ1n) is 3.44. The smallest absolute Gasteiger partial charge is 0.330 e. The summed E-state index contributed by atoms with van der Waals surface area (Å²) < 4.78 is 0. The van der Waals surface area contributed by atoms with Crippen LogP contribution in [0.15, 0.2) is 12.2 Å². The van der Waals surface area contributed by atoms with Crippen LogP contribution in [0.2, 0.25) is 0 Å². The highest BCUT2D eigenvalue weighted by Crippen LogP contribution is 1.86. The molecule has 0 saturated heterocycles. The number of carboxylic acid groups (broad SMARTS) is 1. The summed E-state index contributed by atoms with van der Waals surface area (Å²) >= 11 is 0. The van der Waals surface area contributed by atoms with Crippen molar-refractivity contribution in [2.75, 3.05) is 6.54 Å². The summed E-state index contributed by atoms with van der Waals surface area (Å²) in [4.78, 5) is 20.9. The Hall–Kier alpha value is -1.36. The molecule has 0 aromatic heterocycles. The number of rotatable bonds is 4. The molecule has 0 aromatic rings. The molecule has 0 spiro atoms. The van der Waals surface area contributed by atoms with Crippen LogP contribution in [0.5, 0.6) is 0 Å². The van der Waals surface area contributed by atoms with E-state index in [0.29, 0.717) is 0 Å². The molecule has 0 saturated carbocycles. The van der Waals surface area contributed by atoms with Gasteiger partial charge in [-0.05, 0) is 0 Å². The molecule has 1 unspecified atom stereocenters. The Kier molecular flexibility index (Phi) is 4.71. The summed E-state index contributed by atoms with van der Waals surface area (Å²) in [7, 11) is 0. The van der Waals surface area contributed by atoms with E-state index < -0.39 is 12.0 Å². The third kappa shape index (κ3) is 4.45. The molecule has 0 heterocycles. The van der Waals surface area contributed by atoms with Gasteiger partial charge in [-0.15, -0.1) is 0 Å². The lowest BCUT2D eigenvalue weighted by Crippen LogP contribution is -2.38. The number of carboxylic acids is 1. The number of carbonyl (C=O) groups is 2. The van der Waals surface area contributed by atoms with Gasteiger partial charge < -0.3 is 16.2 Å². The largest absolute Gasteiger partial charge is 0.479 e. The maximum Gasteiger partial charge on any atom is 0.330 e. The zero-order valence-electron chi connectivity index (χ0n) is 6.78. The summed E-state index contributed by atoms with van der Waals surface area (Å²) in [6.45, 7) is 1.51. The van der Waals surface area contributed by atoms with E-state index in [4.69, 9.17) is 10.8 Å². The van der Waals surface area contributed by atoms with E-state index in [9.17, 15) is 9.59 Å². The zero-order chi connectivity index (χ0) is 9.56. The van der Waals surface area contributed by atoms with E-state index in [-0.39, 0.29) is 12.5 Å². The molecule has 0 aliphatic heterocycles. The predicted molar refractivity (Wildman–Crippen MR) is 43.4 cm³/mol. The Morgan fingerprint density at radius 2 is 2.25 bits per heavy atom. The topological polar surface area (TPSA) is 92.4 Å². The molecule has 0 rings (SSSR count). The highest BCUT2D eigenvalue weighted by Gasteiger charge is 2.13. The lowest BCUT2D eigenvalue weighted by atomic mass is 10.2. The van der Waals surface area contributed by atoms with Crippen molar-refractivity contribution >= 4 is 11.9 Å². The molecule has 4 N–H and O–H groups in total. The second kappa shape index (κ2) is 5.31. The quantitative estimate of drug-likeness (QED) is 0.479. The monoisotopic (exact) mass is 172 g/mol. The first kappa shape index (κ1) is 10.6. The fraction of sp³-hybridized carbons (Fsp3) is 0.429. The van der Waals surface area contributed by atoms with Gasteiger partial charge in [-0.1, -0.05) is 12.2 Å². The number of aliphatic carboxylic acids is 1. The van der Waals surface area contributed by atoms with Crippen LogP contribution in [0.25, 0.3) is 0 Å². The molecule has 0 aliphatic rings. The molecule has 1 amide bonds. The molecular formula is C7H12N2O3. The Bertz CT molecular complexity index is 201. The van der Waals surface area contributed by atoms with E-state index in [1.54, 1.807) is 0 Å². The van der Waals surface area contributed by atoms with Gasteiger partial charge >= 0.3 is 5.97 Å². The van der Waals surface area contributed by atoms with Crippen LogP contribution in [0.1, 0.15) is 6.92 Å². The van der Waals surface area contributed by atoms with Gasteiger partial charge in [-0.3, -0.25) is 4.79 Å². The first-order valence-corrected chi connectivity index (χ1v) is 3.44. The van der Waals surface area contributed by atoms with E-state index in [2.05, 4.69) is 5.32 Å². The lowest BCUT2D eigenvalue weighted by molar-refractivity contribution is -0.140. The Morgan fingerprint density at radius 3 is 2.58 bits per heavy atom. The van der Waals surface area contributed by atoms with Crippen LogP contribution in [-0.2, 0) is 9.59 Å². The van der Waals surface area contributed by atoms with Gasteiger partial charge in [0, 0.05) is 13.5 Å². The minimum absolute atomic E-state index is 0.253. The molecule has 0 radical (unpaired) electrons. The molecule has 12 heavy (non-hydrogen) atoms. The van der Waals surface area contributed by atoms with Crippen LogP contribution in [0, 0.1) is 0 Å². The average Bonchev–Trinajstić information content (AvgIpc) is 1.96. The first-order chi connectivity index (χ1) is 5.57. The van der Waals surface area contributed by atoms with Crippen molar-refractivity contribution in [2.45, 2.75) is 13.0 Å². The van der Waals surface area contributed by atoms with Crippen LogP contribution < -0.4 is 11.1 Å². The number of hydrogen-bond donors (Lipinski definition) is 3. The highest BCUT2D eigenvalue weighted by atomic mass is 16.4. The fourth-order valence-corrected chi connectivity index (χ4v) is 0.626. The van der Waals surface area contributed by atoms with E-state index in [1.807, 2.05) is 0 Å². The van der Waals surface area contributed by atoms with Gasteiger partial charge in [0.1, 0.15) is 6.04 Å². The van der Waals surface area contributed by atoms with Crippen molar-refractivity contribution in [1.29, 1.82) is 0 Å².